The number of aryl methyl sites for hydroxylation is 1. The number of nitrogens with zero attached hydrogens (tertiary/aromatic N) is 4. The Morgan fingerprint density at radius 3 is 2.74 bits per heavy atom. The molecular formula is C14H15N5. The number of benzene rings is 1. The van der Waals surface area contributed by atoms with Gasteiger partial charge < -0.3 is 9.88 Å². The van der Waals surface area contributed by atoms with Gasteiger partial charge in [0.05, 0.1) is 5.69 Å². The third-order valence-corrected chi connectivity index (χ3v) is 3.00. The van der Waals surface area contributed by atoms with Crippen LogP contribution in [0.25, 0.3) is 5.69 Å². The molecule has 0 fully saturated rings. The van der Waals surface area contributed by atoms with E-state index in [-0.39, 0.29) is 0 Å². The molecule has 1 N–H and O–H groups in total. The molecule has 0 atom stereocenters. The second-order valence-electron chi connectivity index (χ2n) is 4.29. The van der Waals surface area contributed by atoms with Crippen LogP contribution in [0.3, 0.4) is 0 Å². The molecular weight excluding hydrogens is 238 g/mol. The molecule has 0 aliphatic heterocycles. The van der Waals surface area contributed by atoms with E-state index >= 15 is 0 Å². The highest BCUT2D eigenvalue weighted by atomic mass is 15.3. The molecule has 5 heteroatoms. The molecule has 0 unspecified atom stereocenters. The molecule has 2 heterocycles. The molecule has 2 aromatic heterocycles. The first kappa shape index (κ1) is 11.5. The lowest BCUT2D eigenvalue weighted by molar-refractivity contribution is 0.856. The Kier molecular flexibility index (Phi) is 3.02. The number of aromatic nitrogens is 4. The summed E-state index contributed by atoms with van der Waals surface area (Å²) >= 11 is 0. The zero-order valence-corrected chi connectivity index (χ0v) is 10.7. The van der Waals surface area contributed by atoms with Gasteiger partial charge in [0.1, 0.15) is 0 Å². The first-order chi connectivity index (χ1) is 9.34. The van der Waals surface area contributed by atoms with Crippen molar-refractivity contribution in [1.82, 2.24) is 19.3 Å². The van der Waals surface area contributed by atoms with Crippen molar-refractivity contribution in [2.45, 2.75) is 6.54 Å². The van der Waals surface area contributed by atoms with Crippen LogP contribution in [0.1, 0.15) is 5.56 Å². The van der Waals surface area contributed by atoms with Crippen LogP contribution in [-0.2, 0) is 13.6 Å². The summed E-state index contributed by atoms with van der Waals surface area (Å²) < 4.78 is 3.83. The summed E-state index contributed by atoms with van der Waals surface area (Å²) in [5, 5.41) is 7.60. The van der Waals surface area contributed by atoms with Crippen molar-refractivity contribution in [3.63, 3.8) is 0 Å². The Balaban J connectivity index is 1.84. The molecule has 3 rings (SSSR count). The number of hydrogen-bond donors (Lipinski definition) is 1. The first-order valence-electron chi connectivity index (χ1n) is 6.14. The van der Waals surface area contributed by atoms with Gasteiger partial charge >= 0.3 is 0 Å². The van der Waals surface area contributed by atoms with Gasteiger partial charge in [0.25, 0.3) is 0 Å². The molecule has 0 amide bonds. The number of para-hydroxylation sites is 1. The van der Waals surface area contributed by atoms with E-state index < -0.39 is 0 Å². The molecule has 5 nitrogen and oxygen atoms in total. The Hall–Kier alpha value is -2.56. The number of anilines is 1. The lowest BCUT2D eigenvalue weighted by Crippen LogP contribution is -2.08. The van der Waals surface area contributed by atoms with Crippen LogP contribution in [0.15, 0.2) is 55.1 Å². The average Bonchev–Trinajstić information content (AvgIpc) is 3.08. The van der Waals surface area contributed by atoms with Gasteiger partial charge in [-0.15, -0.1) is 0 Å². The number of hydrogen-bond acceptors (Lipinski definition) is 3. The fraction of sp³-hybridized carbons (Fsp3) is 0.143. The standard InChI is InChI=1S/C14H15N5/c1-18-10-8-15-14(18)16-11-12-5-2-3-6-13(12)19-9-4-7-17-19/h2-10H,11H2,1H3,(H,15,16). The van der Waals surface area contributed by atoms with Crippen LogP contribution in [0, 0.1) is 0 Å². The molecule has 0 bridgehead atoms. The molecule has 0 saturated heterocycles. The van der Waals surface area contributed by atoms with Crippen molar-refractivity contribution in [3.05, 3.63) is 60.7 Å². The summed E-state index contributed by atoms with van der Waals surface area (Å²) in [6, 6.07) is 10.1. The monoisotopic (exact) mass is 253 g/mol. The fourth-order valence-electron chi connectivity index (χ4n) is 2.01. The van der Waals surface area contributed by atoms with E-state index in [9.17, 15) is 0 Å². The second kappa shape index (κ2) is 4.97. The zero-order chi connectivity index (χ0) is 13.1. The first-order valence-corrected chi connectivity index (χ1v) is 6.14. The van der Waals surface area contributed by atoms with Crippen LogP contribution < -0.4 is 5.32 Å². The Morgan fingerprint density at radius 1 is 1.11 bits per heavy atom. The minimum absolute atomic E-state index is 0.709. The molecule has 19 heavy (non-hydrogen) atoms. The van der Waals surface area contributed by atoms with Crippen molar-refractivity contribution in [3.8, 4) is 5.69 Å². The normalized spacial score (nSPS) is 10.6. The largest absolute Gasteiger partial charge is 0.352 e. The van der Waals surface area contributed by atoms with E-state index in [1.807, 2.05) is 46.9 Å². The van der Waals surface area contributed by atoms with Gasteiger partial charge in [-0.05, 0) is 17.7 Å². The van der Waals surface area contributed by atoms with Gasteiger partial charge in [0, 0.05) is 38.4 Å². The summed E-state index contributed by atoms with van der Waals surface area (Å²) in [5.74, 6) is 0.857. The topological polar surface area (TPSA) is 47.7 Å². The Bertz CT molecular complexity index is 654. The summed E-state index contributed by atoms with van der Waals surface area (Å²) in [5.41, 5.74) is 2.25. The molecule has 0 saturated carbocycles. The van der Waals surface area contributed by atoms with Gasteiger partial charge in [0.15, 0.2) is 0 Å². The lowest BCUT2D eigenvalue weighted by Gasteiger charge is -2.11. The molecule has 0 aliphatic carbocycles. The van der Waals surface area contributed by atoms with Crippen molar-refractivity contribution in [1.29, 1.82) is 0 Å². The predicted molar refractivity (Wildman–Crippen MR) is 74.1 cm³/mol. The highest BCUT2D eigenvalue weighted by Crippen LogP contribution is 2.15. The number of nitrogens with one attached hydrogen (secondary N) is 1. The van der Waals surface area contributed by atoms with Crippen LogP contribution in [0.5, 0.6) is 0 Å². The van der Waals surface area contributed by atoms with Crippen LogP contribution in [0.2, 0.25) is 0 Å². The zero-order valence-electron chi connectivity index (χ0n) is 10.7. The smallest absolute Gasteiger partial charge is 0.202 e. The van der Waals surface area contributed by atoms with E-state index in [0.717, 1.165) is 11.6 Å². The fourth-order valence-corrected chi connectivity index (χ4v) is 2.01. The maximum absolute atomic E-state index is 4.28. The van der Waals surface area contributed by atoms with Crippen LogP contribution >= 0.6 is 0 Å². The summed E-state index contributed by atoms with van der Waals surface area (Å²) in [6.45, 7) is 0.709. The van der Waals surface area contributed by atoms with Crippen LogP contribution in [0.4, 0.5) is 5.95 Å². The van der Waals surface area contributed by atoms with E-state index in [1.165, 1.54) is 5.56 Å². The van der Waals surface area contributed by atoms with Gasteiger partial charge in [-0.3, -0.25) is 0 Å². The van der Waals surface area contributed by atoms with E-state index in [1.54, 1.807) is 12.4 Å². The van der Waals surface area contributed by atoms with Gasteiger partial charge in [-0.25, -0.2) is 9.67 Å². The SMILES string of the molecule is Cn1ccnc1NCc1ccccc1-n1cccn1. The number of imidazole rings is 1. The summed E-state index contributed by atoms with van der Waals surface area (Å²) in [6.07, 6.45) is 7.42. The summed E-state index contributed by atoms with van der Waals surface area (Å²) in [4.78, 5) is 4.25. The maximum Gasteiger partial charge on any atom is 0.202 e. The third kappa shape index (κ3) is 2.35. The third-order valence-electron chi connectivity index (χ3n) is 3.00. The quantitative estimate of drug-likeness (QED) is 0.775. The van der Waals surface area contributed by atoms with Gasteiger partial charge in [-0.1, -0.05) is 18.2 Å². The maximum atomic E-state index is 4.28. The Labute approximate surface area is 111 Å². The van der Waals surface area contributed by atoms with Gasteiger partial charge in [0.2, 0.25) is 5.95 Å². The van der Waals surface area contributed by atoms with E-state index in [2.05, 4.69) is 27.5 Å². The van der Waals surface area contributed by atoms with Crippen molar-refractivity contribution >= 4 is 5.95 Å². The molecule has 96 valence electrons. The molecule has 3 aromatic rings. The summed E-state index contributed by atoms with van der Waals surface area (Å²) in [7, 11) is 1.97. The molecule has 0 spiro atoms. The van der Waals surface area contributed by atoms with Crippen molar-refractivity contribution < 1.29 is 0 Å². The van der Waals surface area contributed by atoms with Crippen molar-refractivity contribution in [2.24, 2.45) is 7.05 Å². The van der Waals surface area contributed by atoms with Crippen LogP contribution in [-0.4, -0.2) is 19.3 Å². The molecule has 1 aromatic carbocycles. The lowest BCUT2D eigenvalue weighted by atomic mass is 10.2. The second-order valence-corrected chi connectivity index (χ2v) is 4.29. The average molecular weight is 253 g/mol. The minimum Gasteiger partial charge on any atom is -0.352 e. The highest BCUT2D eigenvalue weighted by Gasteiger charge is 2.05. The number of rotatable bonds is 4. The minimum atomic E-state index is 0.709. The van der Waals surface area contributed by atoms with E-state index in [0.29, 0.717) is 6.54 Å². The predicted octanol–water partition coefficient (Wildman–Crippen LogP) is 2.22. The Morgan fingerprint density at radius 2 is 2.00 bits per heavy atom. The van der Waals surface area contributed by atoms with E-state index in [4.69, 9.17) is 0 Å². The van der Waals surface area contributed by atoms with Crippen molar-refractivity contribution in [2.75, 3.05) is 5.32 Å². The van der Waals surface area contributed by atoms with Gasteiger partial charge in [-0.2, -0.15) is 5.10 Å². The highest BCUT2D eigenvalue weighted by molar-refractivity contribution is 5.42. The molecule has 0 aliphatic rings. The molecule has 0 radical (unpaired) electrons.